The Hall–Kier alpha value is -1.84. The second-order valence-corrected chi connectivity index (χ2v) is 9.98. The van der Waals surface area contributed by atoms with E-state index in [1.807, 2.05) is 0 Å². The Bertz CT molecular complexity index is 831. The topological polar surface area (TPSA) is 89.4 Å². The summed E-state index contributed by atoms with van der Waals surface area (Å²) in [6, 6.07) is 5.08. The van der Waals surface area contributed by atoms with Gasteiger partial charge in [0.15, 0.2) is 18.0 Å². The molecule has 1 aromatic carbocycles. The summed E-state index contributed by atoms with van der Waals surface area (Å²) in [5, 5.41) is 3.15. The molecule has 0 unspecified atom stereocenters. The molecule has 160 valence electrons. The van der Waals surface area contributed by atoms with Crippen molar-refractivity contribution in [1.29, 1.82) is 0 Å². The maximum atomic E-state index is 13.0. The molecule has 1 aliphatic carbocycles. The predicted molar refractivity (Wildman–Crippen MR) is 107 cm³/mol. The van der Waals surface area contributed by atoms with E-state index in [0.29, 0.717) is 63.5 Å². The second-order valence-electron chi connectivity index (χ2n) is 8.04. The number of hydrogen-bond donors (Lipinski definition) is 2. The zero-order chi connectivity index (χ0) is 20.3. The molecule has 29 heavy (non-hydrogen) atoms. The van der Waals surface area contributed by atoms with E-state index in [-0.39, 0.29) is 10.8 Å². The van der Waals surface area contributed by atoms with Gasteiger partial charge in [0, 0.05) is 12.1 Å². The Morgan fingerprint density at radius 1 is 1.07 bits per heavy atom. The number of nitrogens with one attached hydrogen (secondary N) is 2. The first-order valence-electron chi connectivity index (χ1n) is 10.5. The number of nitrogens with zero attached hydrogens (tertiary/aromatic N) is 1. The lowest BCUT2D eigenvalue weighted by Crippen LogP contribution is -3.15. The van der Waals surface area contributed by atoms with E-state index in [0.717, 1.165) is 17.7 Å². The number of carbonyl (C=O) groups excluding carboxylic acids is 1. The van der Waals surface area contributed by atoms with E-state index < -0.39 is 10.0 Å². The number of piperazine rings is 1. The monoisotopic (exact) mass is 424 g/mol. The van der Waals surface area contributed by atoms with Gasteiger partial charge in [-0.3, -0.25) is 4.79 Å². The minimum Gasteiger partial charge on any atom is -0.486 e. The molecule has 1 amide bonds. The average molecular weight is 425 g/mol. The summed E-state index contributed by atoms with van der Waals surface area (Å²) < 4.78 is 38.5. The van der Waals surface area contributed by atoms with Crippen LogP contribution < -0.4 is 19.7 Å². The predicted octanol–water partition coefficient (Wildman–Crippen LogP) is -0.204. The van der Waals surface area contributed by atoms with Crippen molar-refractivity contribution in [1.82, 2.24) is 9.62 Å². The third-order valence-corrected chi connectivity index (χ3v) is 7.86. The molecule has 8 nitrogen and oxygen atoms in total. The molecule has 2 heterocycles. The number of rotatable bonds is 5. The zero-order valence-electron chi connectivity index (χ0n) is 16.7. The number of carbonyl (C=O) groups is 1. The molecule has 2 aliphatic heterocycles. The van der Waals surface area contributed by atoms with Crippen LogP contribution in [0, 0.1) is 0 Å². The Morgan fingerprint density at radius 3 is 2.48 bits per heavy atom. The lowest BCUT2D eigenvalue weighted by Gasteiger charge is -2.32. The number of hydrogen-bond acceptors (Lipinski definition) is 5. The minimum atomic E-state index is -3.59. The van der Waals surface area contributed by atoms with Gasteiger partial charge in [0.1, 0.15) is 13.2 Å². The molecule has 0 spiro atoms. The van der Waals surface area contributed by atoms with Crippen LogP contribution in [0.15, 0.2) is 23.1 Å². The van der Waals surface area contributed by atoms with Crippen LogP contribution in [0.3, 0.4) is 0 Å². The van der Waals surface area contributed by atoms with Crippen LogP contribution >= 0.6 is 0 Å². The molecule has 4 rings (SSSR count). The van der Waals surface area contributed by atoms with Crippen molar-refractivity contribution < 1.29 is 27.6 Å². The summed E-state index contributed by atoms with van der Waals surface area (Å²) in [4.78, 5) is 13.7. The van der Waals surface area contributed by atoms with E-state index in [1.165, 1.54) is 23.6 Å². The van der Waals surface area contributed by atoms with E-state index in [2.05, 4.69) is 5.32 Å². The Balaban J connectivity index is 1.31. The van der Waals surface area contributed by atoms with Crippen LogP contribution in [0.25, 0.3) is 0 Å². The van der Waals surface area contributed by atoms with Crippen molar-refractivity contribution in [2.45, 2.75) is 43.0 Å². The van der Waals surface area contributed by atoms with Crippen LogP contribution in [0.4, 0.5) is 0 Å². The van der Waals surface area contributed by atoms with Crippen LogP contribution in [0.2, 0.25) is 0 Å². The van der Waals surface area contributed by atoms with E-state index in [9.17, 15) is 13.2 Å². The first-order chi connectivity index (χ1) is 14.0. The molecule has 9 heteroatoms. The Morgan fingerprint density at radius 2 is 1.76 bits per heavy atom. The minimum absolute atomic E-state index is 0.0787. The van der Waals surface area contributed by atoms with Crippen molar-refractivity contribution in [3.63, 3.8) is 0 Å². The average Bonchev–Trinajstić information content (AvgIpc) is 2.74. The van der Waals surface area contributed by atoms with Gasteiger partial charge in [0.25, 0.3) is 5.91 Å². The highest BCUT2D eigenvalue weighted by molar-refractivity contribution is 7.89. The quantitative estimate of drug-likeness (QED) is 0.683. The fraction of sp³-hybridized carbons (Fsp3) is 0.650. The normalized spacial score (nSPS) is 21.7. The number of ether oxygens (including phenoxy) is 2. The first kappa shape index (κ1) is 20.4. The molecular weight excluding hydrogens is 394 g/mol. The van der Waals surface area contributed by atoms with Crippen LogP contribution in [-0.2, 0) is 14.8 Å². The molecule has 2 fully saturated rings. The van der Waals surface area contributed by atoms with Crippen LogP contribution in [-0.4, -0.2) is 70.6 Å². The summed E-state index contributed by atoms with van der Waals surface area (Å²) in [6.07, 6.45) is 5.78. The summed E-state index contributed by atoms with van der Waals surface area (Å²) in [7, 11) is -3.59. The number of sulfonamides is 1. The van der Waals surface area contributed by atoms with Crippen molar-refractivity contribution in [2.24, 2.45) is 0 Å². The standard InChI is InChI=1S/C20H29N3O5S/c24-20(21-16-4-2-1-3-5-16)15-22-8-10-23(11-9-22)29(25,26)17-6-7-18-19(14-17)28-13-12-27-18/h6-7,14,16H,1-5,8-13,15H2,(H,21,24)/p+1. The van der Waals surface area contributed by atoms with E-state index in [4.69, 9.17) is 9.47 Å². The van der Waals surface area contributed by atoms with Crippen molar-refractivity contribution in [3.8, 4) is 11.5 Å². The van der Waals surface area contributed by atoms with Gasteiger partial charge in [-0.2, -0.15) is 4.31 Å². The molecule has 0 atom stereocenters. The van der Waals surface area contributed by atoms with Crippen molar-refractivity contribution in [2.75, 3.05) is 45.9 Å². The highest BCUT2D eigenvalue weighted by Gasteiger charge is 2.32. The maximum Gasteiger partial charge on any atom is 0.275 e. The number of fused-ring (bicyclic) bond motifs is 1. The fourth-order valence-corrected chi connectivity index (χ4v) is 5.76. The molecule has 2 N–H and O–H groups in total. The lowest BCUT2D eigenvalue weighted by atomic mass is 9.95. The number of benzene rings is 1. The Labute approximate surface area is 172 Å². The van der Waals surface area contributed by atoms with Gasteiger partial charge >= 0.3 is 0 Å². The first-order valence-corrected chi connectivity index (χ1v) is 12.0. The van der Waals surface area contributed by atoms with Crippen molar-refractivity contribution >= 4 is 15.9 Å². The maximum absolute atomic E-state index is 13.0. The molecule has 1 saturated carbocycles. The molecule has 0 aromatic heterocycles. The van der Waals surface area contributed by atoms with Gasteiger partial charge < -0.3 is 19.7 Å². The third-order valence-electron chi connectivity index (χ3n) is 5.96. The van der Waals surface area contributed by atoms with Gasteiger partial charge in [-0.25, -0.2) is 8.42 Å². The van der Waals surface area contributed by atoms with E-state index in [1.54, 1.807) is 18.2 Å². The summed E-state index contributed by atoms with van der Waals surface area (Å²) >= 11 is 0. The third kappa shape index (κ3) is 4.84. The van der Waals surface area contributed by atoms with Crippen LogP contribution in [0.5, 0.6) is 11.5 Å². The summed E-state index contributed by atoms with van der Waals surface area (Å²) in [6.45, 7) is 3.36. The molecule has 0 bridgehead atoms. The molecule has 0 radical (unpaired) electrons. The number of quaternary nitrogens is 1. The van der Waals surface area contributed by atoms with Crippen LogP contribution in [0.1, 0.15) is 32.1 Å². The Kier molecular flexibility index (Phi) is 6.26. The number of amides is 1. The lowest BCUT2D eigenvalue weighted by molar-refractivity contribution is -0.895. The highest BCUT2D eigenvalue weighted by Crippen LogP contribution is 2.33. The van der Waals surface area contributed by atoms with E-state index >= 15 is 0 Å². The highest BCUT2D eigenvalue weighted by atomic mass is 32.2. The SMILES string of the molecule is O=C(C[NH+]1CCN(S(=O)(=O)c2ccc3c(c2)OCCO3)CC1)NC1CCCCC1. The van der Waals surface area contributed by atoms with Gasteiger partial charge in [-0.05, 0) is 25.0 Å². The molecular formula is C20H30N3O5S+. The van der Waals surface area contributed by atoms with Gasteiger partial charge in [-0.1, -0.05) is 19.3 Å². The largest absolute Gasteiger partial charge is 0.486 e. The van der Waals surface area contributed by atoms with Gasteiger partial charge in [0.2, 0.25) is 10.0 Å². The fourth-order valence-electron chi connectivity index (χ4n) is 4.31. The van der Waals surface area contributed by atoms with Crippen molar-refractivity contribution in [3.05, 3.63) is 18.2 Å². The smallest absolute Gasteiger partial charge is 0.275 e. The molecule has 3 aliphatic rings. The summed E-state index contributed by atoms with van der Waals surface area (Å²) in [5.41, 5.74) is 0. The summed E-state index contributed by atoms with van der Waals surface area (Å²) in [5.74, 6) is 1.13. The second kappa shape index (κ2) is 8.89. The zero-order valence-corrected chi connectivity index (χ0v) is 17.5. The van der Waals surface area contributed by atoms with Gasteiger partial charge in [-0.15, -0.1) is 0 Å². The molecule has 1 saturated heterocycles. The molecule has 1 aromatic rings. The van der Waals surface area contributed by atoms with Gasteiger partial charge in [0.05, 0.1) is 31.1 Å².